The van der Waals surface area contributed by atoms with E-state index in [4.69, 9.17) is 23.2 Å². The molecule has 152 valence electrons. The molecule has 0 bridgehead atoms. The fraction of sp³-hybridized carbons (Fsp3) is 0.435. The van der Waals surface area contributed by atoms with E-state index in [1.165, 1.54) is 54.9 Å². The molecule has 1 aromatic heterocycles. The van der Waals surface area contributed by atoms with Crippen molar-refractivity contribution in [1.82, 2.24) is 9.55 Å². The number of aromatic nitrogens is 2. The summed E-state index contributed by atoms with van der Waals surface area (Å²) in [5, 5.41) is 3.33. The number of benzene rings is 2. The van der Waals surface area contributed by atoms with Gasteiger partial charge in [0.1, 0.15) is 11.0 Å². The normalized spacial score (nSPS) is 11.0. The second-order valence-corrected chi connectivity index (χ2v) is 8.04. The number of nitrogens with zero attached hydrogens (tertiary/aromatic N) is 2. The van der Waals surface area contributed by atoms with Gasteiger partial charge in [0.05, 0.1) is 0 Å². The van der Waals surface area contributed by atoms with Gasteiger partial charge < -0.3 is 4.57 Å². The van der Waals surface area contributed by atoms with Crippen molar-refractivity contribution < 1.29 is 0 Å². The molecule has 0 amide bonds. The molecule has 2 aromatic carbocycles. The lowest BCUT2D eigenvalue weighted by atomic mass is 10.0. The third-order valence-electron chi connectivity index (χ3n) is 5.10. The van der Waals surface area contributed by atoms with Crippen LogP contribution in [0.3, 0.4) is 0 Å². The number of aryl methyl sites for hydroxylation is 1. The van der Waals surface area contributed by atoms with Gasteiger partial charge in [-0.3, -0.25) is 0 Å². The Hall–Kier alpha value is -1.03. The largest absolute Gasteiger partial charge is 0.314 e. The Kier molecular flexibility index (Phi) is 9.33. The summed E-state index contributed by atoms with van der Waals surface area (Å²) in [6.45, 7) is 5.22. The summed E-state index contributed by atoms with van der Waals surface area (Å²) >= 11 is 12.8. The minimum absolute atomic E-state index is 0. The maximum absolute atomic E-state index is 6.50. The molecule has 0 saturated carbocycles. The predicted octanol–water partition coefficient (Wildman–Crippen LogP) is 8.65. The highest BCUT2D eigenvalue weighted by Gasteiger charge is 2.17. The van der Waals surface area contributed by atoms with Gasteiger partial charge in [0, 0.05) is 12.1 Å². The first-order valence-corrected chi connectivity index (χ1v) is 10.8. The topological polar surface area (TPSA) is 17.8 Å². The number of hydrogen-bond acceptors (Lipinski definition) is 1. The van der Waals surface area contributed by atoms with E-state index >= 15 is 0 Å². The van der Waals surface area contributed by atoms with Crippen LogP contribution in [0.15, 0.2) is 36.4 Å². The standard InChI is InChI=1S/C23H28Cl2N2.BrH/c1-3-4-5-6-7-8-11-14-27-22(25)21(24)26-23(27)20-16-17(2)15-18-12-9-10-13-19(18)20;/h9-10,12-13,15-16H,3-8,11,14H2,1-2H3;1H. The zero-order valence-corrected chi connectivity index (χ0v) is 19.9. The minimum Gasteiger partial charge on any atom is -0.314 e. The Morgan fingerprint density at radius 1 is 0.929 bits per heavy atom. The highest BCUT2D eigenvalue weighted by molar-refractivity contribution is 8.93. The molecular formula is C23H29BrCl2N2. The van der Waals surface area contributed by atoms with E-state index in [1.54, 1.807) is 0 Å². The molecule has 0 N–H and O–H groups in total. The molecular weight excluding hydrogens is 455 g/mol. The summed E-state index contributed by atoms with van der Waals surface area (Å²) < 4.78 is 2.08. The average molecular weight is 484 g/mol. The number of hydrogen-bond donors (Lipinski definition) is 0. The number of halogens is 3. The molecule has 0 aliphatic heterocycles. The van der Waals surface area contributed by atoms with Gasteiger partial charge in [0.2, 0.25) is 0 Å². The van der Waals surface area contributed by atoms with Crippen LogP contribution < -0.4 is 0 Å². The van der Waals surface area contributed by atoms with Crippen LogP contribution >= 0.6 is 40.2 Å². The van der Waals surface area contributed by atoms with Crippen LogP contribution in [0.5, 0.6) is 0 Å². The number of imidazole rings is 1. The van der Waals surface area contributed by atoms with E-state index in [2.05, 4.69) is 59.8 Å². The number of unbranched alkanes of at least 4 members (excludes halogenated alkanes) is 6. The van der Waals surface area contributed by atoms with Crippen LogP contribution in [0.4, 0.5) is 0 Å². The van der Waals surface area contributed by atoms with Crippen LogP contribution in [-0.4, -0.2) is 9.55 Å². The molecule has 0 aliphatic rings. The minimum atomic E-state index is 0. The third-order valence-corrected chi connectivity index (χ3v) is 5.84. The molecule has 0 aliphatic carbocycles. The smallest absolute Gasteiger partial charge is 0.166 e. The highest BCUT2D eigenvalue weighted by Crippen LogP contribution is 2.34. The van der Waals surface area contributed by atoms with Crippen molar-refractivity contribution in [3.8, 4) is 11.4 Å². The molecule has 0 unspecified atom stereocenters. The fourth-order valence-electron chi connectivity index (χ4n) is 3.69. The van der Waals surface area contributed by atoms with E-state index in [-0.39, 0.29) is 17.0 Å². The molecule has 0 saturated heterocycles. The number of fused-ring (bicyclic) bond motifs is 1. The van der Waals surface area contributed by atoms with Crippen LogP contribution in [0, 0.1) is 6.92 Å². The summed E-state index contributed by atoms with van der Waals surface area (Å²) in [6.07, 6.45) is 8.88. The van der Waals surface area contributed by atoms with E-state index in [9.17, 15) is 0 Å². The second-order valence-electron chi connectivity index (χ2n) is 7.32. The first kappa shape index (κ1) is 23.3. The summed E-state index contributed by atoms with van der Waals surface area (Å²) in [5.74, 6) is 0.871. The van der Waals surface area contributed by atoms with Gasteiger partial charge in [-0.25, -0.2) is 4.98 Å². The highest BCUT2D eigenvalue weighted by atomic mass is 79.9. The van der Waals surface area contributed by atoms with Gasteiger partial charge in [0.25, 0.3) is 0 Å². The summed E-state index contributed by atoms with van der Waals surface area (Å²) in [7, 11) is 0. The Bertz CT molecular complexity index is 905. The maximum atomic E-state index is 6.50. The SMILES string of the molecule is Br.CCCCCCCCCn1c(-c2cc(C)cc3ccccc23)nc(Cl)c1Cl. The van der Waals surface area contributed by atoms with Gasteiger partial charge in [0.15, 0.2) is 5.15 Å². The van der Waals surface area contributed by atoms with Gasteiger partial charge >= 0.3 is 0 Å². The van der Waals surface area contributed by atoms with Gasteiger partial charge in [-0.1, -0.05) is 99.0 Å². The predicted molar refractivity (Wildman–Crippen MR) is 128 cm³/mol. The van der Waals surface area contributed by atoms with Gasteiger partial charge in [-0.15, -0.1) is 17.0 Å². The molecule has 0 atom stereocenters. The molecule has 1 heterocycles. The lowest BCUT2D eigenvalue weighted by Gasteiger charge is -2.12. The van der Waals surface area contributed by atoms with Crippen LogP contribution in [0.25, 0.3) is 22.2 Å². The summed E-state index contributed by atoms with van der Waals surface area (Å²) in [5.41, 5.74) is 2.31. The first-order valence-electron chi connectivity index (χ1n) is 10.0. The first-order chi connectivity index (χ1) is 13.1. The van der Waals surface area contributed by atoms with Gasteiger partial charge in [-0.2, -0.15) is 0 Å². The Morgan fingerprint density at radius 2 is 1.61 bits per heavy atom. The Labute approximate surface area is 189 Å². The molecule has 3 aromatic rings. The molecule has 3 rings (SSSR count). The second kappa shape index (κ2) is 11.2. The lowest BCUT2D eigenvalue weighted by molar-refractivity contribution is 0.552. The van der Waals surface area contributed by atoms with Crippen molar-refractivity contribution in [3.63, 3.8) is 0 Å². The molecule has 0 fully saturated rings. The quantitative estimate of drug-likeness (QED) is 0.278. The zero-order chi connectivity index (χ0) is 19.2. The molecule has 2 nitrogen and oxygen atoms in total. The lowest BCUT2D eigenvalue weighted by Crippen LogP contribution is -2.02. The molecule has 28 heavy (non-hydrogen) atoms. The molecule has 5 heteroatoms. The van der Waals surface area contributed by atoms with Crippen molar-refractivity contribution in [2.75, 3.05) is 0 Å². The van der Waals surface area contributed by atoms with Crippen molar-refractivity contribution in [1.29, 1.82) is 0 Å². The molecule has 0 radical (unpaired) electrons. The van der Waals surface area contributed by atoms with Crippen LogP contribution in [0.1, 0.15) is 57.4 Å². The summed E-state index contributed by atoms with van der Waals surface area (Å²) in [4.78, 5) is 4.61. The van der Waals surface area contributed by atoms with Crippen molar-refractivity contribution in [3.05, 3.63) is 52.3 Å². The van der Waals surface area contributed by atoms with E-state index in [1.807, 2.05) is 0 Å². The van der Waals surface area contributed by atoms with Gasteiger partial charge in [-0.05, 0) is 35.7 Å². The van der Waals surface area contributed by atoms with Crippen molar-refractivity contribution in [2.45, 2.75) is 65.3 Å². The average Bonchev–Trinajstić information content (AvgIpc) is 2.94. The van der Waals surface area contributed by atoms with Crippen molar-refractivity contribution >= 4 is 51.0 Å². The zero-order valence-electron chi connectivity index (χ0n) is 16.7. The van der Waals surface area contributed by atoms with E-state index < -0.39 is 0 Å². The van der Waals surface area contributed by atoms with E-state index in [0.717, 1.165) is 24.4 Å². The van der Waals surface area contributed by atoms with E-state index in [0.29, 0.717) is 10.3 Å². The monoisotopic (exact) mass is 482 g/mol. The van der Waals surface area contributed by atoms with Crippen molar-refractivity contribution in [2.24, 2.45) is 0 Å². The summed E-state index contributed by atoms with van der Waals surface area (Å²) in [6, 6.07) is 12.8. The van der Waals surface area contributed by atoms with Crippen LogP contribution in [0.2, 0.25) is 10.3 Å². The Morgan fingerprint density at radius 3 is 2.36 bits per heavy atom. The third kappa shape index (κ3) is 5.52. The Balaban J connectivity index is 0.00000280. The fourth-order valence-corrected chi connectivity index (χ4v) is 4.07. The maximum Gasteiger partial charge on any atom is 0.166 e. The molecule has 0 spiro atoms. The number of rotatable bonds is 9. The van der Waals surface area contributed by atoms with Crippen LogP contribution in [-0.2, 0) is 6.54 Å².